The molecule has 1 amide bonds. The number of hydrogen-bond acceptors (Lipinski definition) is 6. The Labute approximate surface area is 200 Å². The summed E-state index contributed by atoms with van der Waals surface area (Å²) in [5, 5.41) is 6.88. The summed E-state index contributed by atoms with van der Waals surface area (Å²) in [6.45, 7) is 2.22. The van der Waals surface area contributed by atoms with Gasteiger partial charge in [-0.15, -0.1) is 11.8 Å². The van der Waals surface area contributed by atoms with Crippen molar-refractivity contribution in [1.29, 1.82) is 0 Å². The summed E-state index contributed by atoms with van der Waals surface area (Å²) in [5.74, 6) is 1.83. The van der Waals surface area contributed by atoms with Crippen LogP contribution in [-0.2, 0) is 12.4 Å². The Morgan fingerprint density at radius 3 is 2.82 bits per heavy atom. The summed E-state index contributed by atoms with van der Waals surface area (Å²) in [6, 6.07) is 22.6. The van der Waals surface area contributed by atoms with Gasteiger partial charge in [-0.3, -0.25) is 4.79 Å². The van der Waals surface area contributed by atoms with Crippen LogP contribution >= 0.6 is 11.8 Å². The van der Waals surface area contributed by atoms with Crippen LogP contribution in [0.3, 0.4) is 0 Å². The van der Waals surface area contributed by atoms with E-state index in [1.165, 1.54) is 11.8 Å². The topological polar surface area (TPSA) is 81.7 Å². The molecule has 0 atom stereocenters. The van der Waals surface area contributed by atoms with E-state index in [1.54, 1.807) is 6.07 Å². The Bertz CT molecular complexity index is 1410. The molecule has 2 aromatic carbocycles. The number of aryl methyl sites for hydroxylation is 1. The minimum absolute atomic E-state index is 0.186. The number of aromatic nitrogens is 3. The van der Waals surface area contributed by atoms with Crippen LogP contribution in [0.1, 0.15) is 27.5 Å². The highest BCUT2D eigenvalue weighted by atomic mass is 32.2. The SMILES string of the molecule is Cc1cc(CSc2ccccc2C(=O)Nc2cccc(OCc3cn4ccccc4n3)c2)on1. The second kappa shape index (κ2) is 9.84. The molecule has 1 N–H and O–H groups in total. The summed E-state index contributed by atoms with van der Waals surface area (Å²) in [4.78, 5) is 18.4. The molecule has 0 spiro atoms. The molecule has 3 heterocycles. The van der Waals surface area contributed by atoms with Gasteiger partial charge in [0.15, 0.2) is 0 Å². The molecule has 0 radical (unpaired) electrons. The number of rotatable bonds is 8. The maximum atomic E-state index is 13.0. The Morgan fingerprint density at radius 2 is 1.97 bits per heavy atom. The molecule has 5 aromatic rings. The molecule has 8 heteroatoms. The van der Waals surface area contributed by atoms with Crippen LogP contribution in [0.25, 0.3) is 5.65 Å². The van der Waals surface area contributed by atoms with Crippen LogP contribution in [0.4, 0.5) is 5.69 Å². The number of carbonyl (C=O) groups is 1. The van der Waals surface area contributed by atoms with Gasteiger partial charge in [0.05, 0.1) is 22.7 Å². The zero-order valence-corrected chi connectivity index (χ0v) is 19.3. The van der Waals surface area contributed by atoms with E-state index in [2.05, 4.69) is 15.5 Å². The molecule has 5 rings (SSSR count). The van der Waals surface area contributed by atoms with Gasteiger partial charge < -0.3 is 19.0 Å². The molecule has 0 unspecified atom stereocenters. The molecule has 0 aliphatic carbocycles. The fourth-order valence-electron chi connectivity index (χ4n) is 3.49. The average molecular weight is 471 g/mol. The number of hydrogen-bond donors (Lipinski definition) is 1. The quantitative estimate of drug-likeness (QED) is 0.291. The van der Waals surface area contributed by atoms with Gasteiger partial charge in [0, 0.05) is 35.1 Å². The van der Waals surface area contributed by atoms with E-state index >= 15 is 0 Å². The number of amides is 1. The van der Waals surface area contributed by atoms with E-state index in [4.69, 9.17) is 9.26 Å². The number of ether oxygens (including phenoxy) is 1. The molecular formula is C26H22N4O3S. The molecule has 0 saturated carbocycles. The number of thioether (sulfide) groups is 1. The number of pyridine rings is 1. The van der Waals surface area contributed by atoms with E-state index in [1.807, 2.05) is 90.4 Å². The lowest BCUT2D eigenvalue weighted by molar-refractivity contribution is 0.102. The first-order valence-electron chi connectivity index (χ1n) is 10.7. The lowest BCUT2D eigenvalue weighted by atomic mass is 10.2. The lowest BCUT2D eigenvalue weighted by Crippen LogP contribution is -2.13. The number of benzene rings is 2. The van der Waals surface area contributed by atoms with Crippen molar-refractivity contribution >= 4 is 29.0 Å². The number of imidazole rings is 1. The highest BCUT2D eigenvalue weighted by Crippen LogP contribution is 2.28. The molecule has 0 saturated heterocycles. The number of carbonyl (C=O) groups excluding carboxylic acids is 1. The monoisotopic (exact) mass is 470 g/mol. The summed E-state index contributed by atoms with van der Waals surface area (Å²) < 4.78 is 13.1. The molecule has 0 aliphatic heterocycles. The largest absolute Gasteiger partial charge is 0.487 e. The van der Waals surface area contributed by atoms with Gasteiger partial charge in [0.1, 0.15) is 23.8 Å². The van der Waals surface area contributed by atoms with Crippen molar-refractivity contribution in [3.8, 4) is 5.75 Å². The van der Waals surface area contributed by atoms with Crippen molar-refractivity contribution in [3.05, 3.63) is 108 Å². The number of nitrogens with zero attached hydrogens (tertiary/aromatic N) is 3. The molecule has 0 fully saturated rings. The fraction of sp³-hybridized carbons (Fsp3) is 0.115. The van der Waals surface area contributed by atoms with E-state index in [9.17, 15) is 4.79 Å². The highest BCUT2D eigenvalue weighted by Gasteiger charge is 2.13. The second-order valence-electron chi connectivity index (χ2n) is 7.69. The van der Waals surface area contributed by atoms with Crippen molar-refractivity contribution in [3.63, 3.8) is 0 Å². The van der Waals surface area contributed by atoms with Gasteiger partial charge in [-0.05, 0) is 43.3 Å². The average Bonchev–Trinajstić information content (AvgIpc) is 3.47. The van der Waals surface area contributed by atoms with E-state index in [-0.39, 0.29) is 5.91 Å². The highest BCUT2D eigenvalue weighted by molar-refractivity contribution is 7.98. The lowest BCUT2D eigenvalue weighted by Gasteiger charge is -2.11. The van der Waals surface area contributed by atoms with Gasteiger partial charge in [0.2, 0.25) is 0 Å². The van der Waals surface area contributed by atoms with Crippen LogP contribution < -0.4 is 10.1 Å². The molecule has 0 bridgehead atoms. The molecule has 170 valence electrons. The van der Waals surface area contributed by atoms with Crippen molar-refractivity contribution in [2.75, 3.05) is 5.32 Å². The van der Waals surface area contributed by atoms with Gasteiger partial charge in [-0.25, -0.2) is 4.98 Å². The van der Waals surface area contributed by atoms with Gasteiger partial charge in [-0.1, -0.05) is 29.4 Å². The first-order chi connectivity index (χ1) is 16.6. The summed E-state index contributed by atoms with van der Waals surface area (Å²) in [6.07, 6.45) is 3.89. The third-order valence-electron chi connectivity index (χ3n) is 5.07. The Balaban J connectivity index is 1.24. The molecular weight excluding hydrogens is 448 g/mol. The van der Waals surface area contributed by atoms with Gasteiger partial charge in [0.25, 0.3) is 5.91 Å². The maximum Gasteiger partial charge on any atom is 0.256 e. The Hall–Kier alpha value is -4.04. The molecule has 7 nitrogen and oxygen atoms in total. The normalized spacial score (nSPS) is 11.0. The van der Waals surface area contributed by atoms with E-state index in [0.29, 0.717) is 29.4 Å². The standard InChI is InChI=1S/C26H22N4O3S/c1-18-13-22(33-29-18)17-34-24-10-3-2-9-23(24)26(31)28-19-7-6-8-21(14-19)32-16-20-15-30-12-5-4-11-25(30)27-20/h2-15H,16-17H2,1H3,(H,28,31). The van der Waals surface area contributed by atoms with Crippen LogP contribution in [0.5, 0.6) is 5.75 Å². The van der Waals surface area contributed by atoms with Gasteiger partial charge >= 0.3 is 0 Å². The maximum absolute atomic E-state index is 13.0. The van der Waals surface area contributed by atoms with Crippen LogP contribution in [-0.4, -0.2) is 20.4 Å². The van der Waals surface area contributed by atoms with Crippen molar-refractivity contribution in [2.24, 2.45) is 0 Å². The number of nitrogens with one attached hydrogen (secondary N) is 1. The fourth-order valence-corrected chi connectivity index (χ4v) is 4.41. The minimum Gasteiger partial charge on any atom is -0.487 e. The molecule has 0 aliphatic rings. The Kier molecular flexibility index (Phi) is 6.31. The third kappa shape index (κ3) is 5.13. The summed E-state index contributed by atoms with van der Waals surface area (Å²) in [5.41, 5.74) is 3.79. The zero-order valence-electron chi connectivity index (χ0n) is 18.5. The minimum atomic E-state index is -0.186. The van der Waals surface area contributed by atoms with Crippen LogP contribution in [0, 0.1) is 6.92 Å². The third-order valence-corrected chi connectivity index (χ3v) is 6.17. The molecule has 3 aromatic heterocycles. The number of fused-ring (bicyclic) bond motifs is 1. The summed E-state index contributed by atoms with van der Waals surface area (Å²) >= 11 is 1.53. The number of anilines is 1. The van der Waals surface area contributed by atoms with Crippen LogP contribution in [0.2, 0.25) is 0 Å². The Morgan fingerprint density at radius 1 is 1.09 bits per heavy atom. The first kappa shape index (κ1) is 21.8. The van der Waals surface area contributed by atoms with Crippen molar-refractivity contribution < 1.29 is 14.1 Å². The van der Waals surface area contributed by atoms with Crippen molar-refractivity contribution in [1.82, 2.24) is 14.5 Å². The first-order valence-corrected chi connectivity index (χ1v) is 11.7. The second-order valence-corrected chi connectivity index (χ2v) is 8.71. The zero-order chi connectivity index (χ0) is 23.3. The van der Waals surface area contributed by atoms with Crippen LogP contribution in [0.15, 0.2) is 94.6 Å². The van der Waals surface area contributed by atoms with E-state index < -0.39 is 0 Å². The predicted molar refractivity (Wildman–Crippen MR) is 131 cm³/mol. The smallest absolute Gasteiger partial charge is 0.256 e. The van der Waals surface area contributed by atoms with Gasteiger partial charge in [-0.2, -0.15) is 0 Å². The molecule has 34 heavy (non-hydrogen) atoms. The predicted octanol–water partition coefficient (Wildman–Crippen LogP) is 5.75. The van der Waals surface area contributed by atoms with Crippen molar-refractivity contribution in [2.45, 2.75) is 24.2 Å². The van der Waals surface area contributed by atoms with E-state index in [0.717, 1.165) is 27.7 Å². The summed E-state index contributed by atoms with van der Waals surface area (Å²) in [7, 11) is 0.